The van der Waals surface area contributed by atoms with E-state index in [1.807, 2.05) is 5.57 Å². The zero-order valence-electron chi connectivity index (χ0n) is 80.8. The topological polar surface area (TPSA) is 281 Å². The predicted molar refractivity (Wildman–Crippen MR) is 495 cm³/mol. The number of allylic oxidation sites excluding steroid dienone is 3. The van der Waals surface area contributed by atoms with Gasteiger partial charge in [-0.1, -0.05) is 111 Å². The fourth-order valence-electron chi connectivity index (χ4n) is 31.1. The van der Waals surface area contributed by atoms with Gasteiger partial charge in [-0.25, -0.2) is 19.4 Å². The fourth-order valence-corrected chi connectivity index (χ4v) is 31.1. The van der Waals surface area contributed by atoms with Crippen molar-refractivity contribution in [1.29, 1.82) is 0 Å². The molecule has 18 rings (SSSR count). The second-order valence-corrected chi connectivity index (χ2v) is 44.7. The molecule has 0 aromatic heterocycles. The van der Waals surface area contributed by atoms with Crippen molar-refractivity contribution in [2.24, 2.45) is 123 Å². The number of nitrogens with zero attached hydrogens (tertiary/aromatic N) is 2. The van der Waals surface area contributed by atoms with Gasteiger partial charge in [0.1, 0.15) is 23.6 Å². The Morgan fingerprint density at radius 1 is 0.461 bits per heavy atom. The van der Waals surface area contributed by atoms with Gasteiger partial charge in [-0.15, -0.1) is 0 Å². The number of piperidine rings is 3. The number of fused-ring (bicyclic) bond motifs is 18. The van der Waals surface area contributed by atoms with E-state index in [9.17, 15) is 47.9 Å². The van der Waals surface area contributed by atoms with Crippen molar-refractivity contribution in [3.63, 3.8) is 0 Å². The number of Topliss-reactive ketones (excluding diaryl/α,β-unsaturated/α-hetero) is 3. The molecule has 128 heavy (non-hydrogen) atoms. The van der Waals surface area contributed by atoms with Crippen LogP contribution in [0.15, 0.2) is 33.4 Å². The molecule has 0 unspecified atom stereocenters. The van der Waals surface area contributed by atoms with Gasteiger partial charge in [0.2, 0.25) is 23.7 Å². The van der Waals surface area contributed by atoms with E-state index in [1.165, 1.54) is 117 Å². The molecule has 9 saturated carbocycles. The van der Waals surface area contributed by atoms with Crippen LogP contribution in [0.5, 0.6) is 0 Å². The molecule has 6 heterocycles. The van der Waals surface area contributed by atoms with Crippen LogP contribution in [0.1, 0.15) is 332 Å². The summed E-state index contributed by atoms with van der Waals surface area (Å²) in [5.41, 5.74) is 11.4. The normalized spacial score (nSPS) is 41.9. The van der Waals surface area contributed by atoms with Crippen molar-refractivity contribution in [2.45, 2.75) is 385 Å². The van der Waals surface area contributed by atoms with Crippen molar-refractivity contribution in [3.05, 3.63) is 33.4 Å². The van der Waals surface area contributed by atoms with E-state index in [0.29, 0.717) is 124 Å². The van der Waals surface area contributed by atoms with Crippen LogP contribution in [-0.2, 0) is 76.6 Å². The Kier molecular flexibility index (Phi) is 36.1. The standard InChI is InChI=1S/2C32H50N2O3.C28H43NO2.C4H7NO2.C4H6O4.C2H3BO2.2CH4.Na/c2*1-19-14-29-30(34(18-19)13-12-33-22(4)35)21(3)32(37-29)11-9-25-26-7-6-23-15-24(36)8-10-31(23,5)28(26)16-27(25)20(2)17-32;1-16-11-25-26(29-15-16)18(3)28(31-25)10-8-21-22-6-5-19-12-20(30)7-9-27(19,4)24(22)13-23(21)17(2)14-28;1-4(7)5-2-3-6;1-3(5)7-8-4(2)6;1-2(4)5-3;;;/h2*19,21,23,25-26,28-30H,6-18H2,1-5H3,(H,33,35);16,18-19,21-22,24-26,29H,5-15H2,1-4H3;3H,2H2,1H3,(H,5,7);1-2H3;1H3;2*1H4;/q;;;;;-1;;;+1/t2*19-,21+,23+,25-,26-,28-,29+,30-,31-,32-;16-,18+,19+,21-,22-,24-,25+,26-,27-,28-;;;;;;/m000....../s1. The predicted octanol–water partition coefficient (Wildman–Crippen LogP) is 14.0. The first-order chi connectivity index (χ1) is 59.2. The number of carbonyl (C=O) groups excluding carboxylic acids is 10. The van der Waals surface area contributed by atoms with Gasteiger partial charge in [0.05, 0.1) is 41.7 Å². The summed E-state index contributed by atoms with van der Waals surface area (Å²) in [7, 11) is 4.32. The molecular weight excluding hydrogens is 1620 g/mol. The molecule has 3 radical (unpaired) electrons. The van der Waals surface area contributed by atoms with E-state index < -0.39 is 17.9 Å². The smallest absolute Gasteiger partial charge is 0.793 e. The summed E-state index contributed by atoms with van der Waals surface area (Å²) in [6.45, 7) is 44.4. The van der Waals surface area contributed by atoms with Crippen LogP contribution in [0.3, 0.4) is 0 Å². The number of likely N-dealkylation sites (tertiary alicyclic amines) is 2. The van der Waals surface area contributed by atoms with Gasteiger partial charge >= 0.3 is 41.5 Å². The zero-order chi connectivity index (χ0) is 90.3. The van der Waals surface area contributed by atoms with Crippen molar-refractivity contribution in [2.75, 3.05) is 52.4 Å². The van der Waals surface area contributed by atoms with Gasteiger partial charge < -0.3 is 53.0 Å². The average Bonchev–Trinajstić information content (AvgIpc) is 1.58. The van der Waals surface area contributed by atoms with Crippen LogP contribution in [0.4, 0.5) is 0 Å². The third-order valence-corrected chi connectivity index (χ3v) is 37.2. The maximum absolute atomic E-state index is 12.3. The van der Waals surface area contributed by atoms with E-state index in [4.69, 9.17) is 14.2 Å². The van der Waals surface area contributed by atoms with Crippen molar-refractivity contribution >= 4 is 67.3 Å². The minimum Gasteiger partial charge on any atom is -0.793 e. The zero-order valence-corrected chi connectivity index (χ0v) is 82.8. The summed E-state index contributed by atoms with van der Waals surface area (Å²) in [6, 6.07) is 1.47. The van der Waals surface area contributed by atoms with E-state index in [1.54, 1.807) is 41.7 Å². The molecule has 4 N–H and O–H groups in total. The molecule has 6 saturated heterocycles. The van der Waals surface area contributed by atoms with Crippen molar-refractivity contribution in [3.8, 4) is 0 Å². The molecule has 3 amide bonds. The van der Waals surface area contributed by atoms with Crippen molar-refractivity contribution in [1.82, 2.24) is 31.1 Å². The molecule has 22 nitrogen and oxygen atoms in total. The van der Waals surface area contributed by atoms with Gasteiger partial charge in [0.25, 0.3) is 0 Å². The Bertz CT molecular complexity index is 3910. The minimum absolute atomic E-state index is 0. The number of ether oxygens (including phenoxy) is 3. The number of rotatable bonds is 8. The molecule has 30 atom stereocenters. The Balaban J connectivity index is 0.000000179. The van der Waals surface area contributed by atoms with Gasteiger partial charge in [-0.05, 0) is 286 Å². The van der Waals surface area contributed by atoms with E-state index >= 15 is 0 Å². The van der Waals surface area contributed by atoms with Crippen LogP contribution in [0.25, 0.3) is 0 Å². The van der Waals surface area contributed by atoms with E-state index in [2.05, 4.69) is 137 Å². The molecule has 713 valence electrons. The third kappa shape index (κ3) is 22.1. The number of carbonyl (C=O) groups is 10. The molecular formula is C104H167BN6NaO16. The first-order valence-electron chi connectivity index (χ1n) is 49.5. The molecule has 0 bridgehead atoms. The molecule has 24 heteroatoms. The first kappa shape index (κ1) is 106. The largest absolute Gasteiger partial charge is 1.00 e. The average molecular weight is 1790 g/mol. The molecule has 15 fully saturated rings. The van der Waals surface area contributed by atoms with Gasteiger partial charge in [-0.3, -0.25) is 43.4 Å². The monoisotopic (exact) mass is 1790 g/mol. The number of aldehydes is 1. The van der Waals surface area contributed by atoms with Crippen molar-refractivity contribution < 1.29 is 106 Å². The summed E-state index contributed by atoms with van der Waals surface area (Å²) in [5, 5.41) is 12.2. The van der Waals surface area contributed by atoms with Gasteiger partial charge in [0.15, 0.2) is 0 Å². The fraction of sp³-hybridized carbons (Fsp3) is 0.846. The minimum atomic E-state index is -0.639. The van der Waals surface area contributed by atoms with Crippen LogP contribution in [0.2, 0.25) is 0 Å². The third-order valence-electron chi connectivity index (χ3n) is 37.2. The quantitative estimate of drug-likeness (QED) is 0.0578. The summed E-state index contributed by atoms with van der Waals surface area (Å²) in [6.07, 6.45) is 36.1. The van der Waals surface area contributed by atoms with E-state index in [0.717, 1.165) is 209 Å². The molecule has 18 aliphatic rings. The summed E-state index contributed by atoms with van der Waals surface area (Å²) >= 11 is 0. The summed E-state index contributed by atoms with van der Waals surface area (Å²) in [5.74, 6) is 12.3. The summed E-state index contributed by atoms with van der Waals surface area (Å²) < 4.78 is 25.0. The number of amides is 3. The molecule has 3 spiro atoms. The maximum atomic E-state index is 12.3. The summed E-state index contributed by atoms with van der Waals surface area (Å²) in [4.78, 5) is 121. The number of ketones is 3. The second-order valence-electron chi connectivity index (χ2n) is 44.7. The Morgan fingerprint density at radius 3 is 1.10 bits per heavy atom. The number of hydrogen-bond donors (Lipinski definition) is 4. The SMILES string of the molecule is C.C.CC(=O)NCC=O.CC(=O)NCCN1C[C@@H](C)C[C@H]2O[C@]3(CC[C@@H]4C(=C(C)C3)C[C@H]3[C@H]4CC[C@@H]4CC(=O)CC[C@@]43C)[C@H](C)[C@@H]21.CC(=O)NCCN1C[C@@H](C)C[C@H]2O[C@]3(CC[C@@H]4C(=C(C)C3)C[C@H]3[C@H]4CC[C@@H]4CC(=O)CC[C@@]43C)[C@H](C)[C@@H]21.CC(=O)OOC(C)=O.CC1=C2C[C@H]3[C@@H](CC[C@@H]4CC(=O)CC[C@@]43C)[C@@H]2CC[C@@]2(C1)O[C@@H]1C[C@H](C)CN[C@H]1[C@H]2C.[B-]OC(C)=O.[Na+]. The molecule has 0 aromatic carbocycles. The Labute approximate surface area is 793 Å². The number of nitrogens with one attached hydrogen (secondary N) is 4. The van der Waals surface area contributed by atoms with Gasteiger partial charge in [-0.2, -0.15) is 0 Å². The Hall–Kier alpha value is -4.46. The van der Waals surface area contributed by atoms with Crippen LogP contribution >= 0.6 is 0 Å². The first-order valence-corrected chi connectivity index (χ1v) is 49.5. The molecule has 6 aliphatic heterocycles. The van der Waals surface area contributed by atoms with Crippen LogP contribution in [-0.4, -0.2) is 183 Å². The molecule has 0 aromatic rings. The Morgan fingerprint density at radius 2 is 0.789 bits per heavy atom. The van der Waals surface area contributed by atoms with Crippen LogP contribution in [0, 0.1) is 123 Å². The second kappa shape index (κ2) is 43.7. The maximum Gasteiger partial charge on any atom is 1.00 e. The van der Waals surface area contributed by atoms with Gasteiger partial charge in [0, 0.05) is 155 Å². The molecule has 12 aliphatic carbocycles. The van der Waals surface area contributed by atoms with E-state index in [-0.39, 0.29) is 85.5 Å². The van der Waals surface area contributed by atoms with Crippen LogP contribution < -0.4 is 50.8 Å². The number of hydrogen-bond acceptors (Lipinski definition) is 19.